The van der Waals surface area contributed by atoms with E-state index in [2.05, 4.69) is 15.5 Å². The Hall–Kier alpha value is -2.51. The molecule has 5 nitrogen and oxygen atoms in total. The molecule has 3 rings (SSSR count). The van der Waals surface area contributed by atoms with Gasteiger partial charge >= 0.3 is 0 Å². The van der Waals surface area contributed by atoms with Crippen LogP contribution in [-0.2, 0) is 11.3 Å². The molecule has 1 aliphatic rings. The van der Waals surface area contributed by atoms with Gasteiger partial charge in [-0.2, -0.15) is 0 Å². The largest absolute Gasteiger partial charge is 0.351 e. The summed E-state index contributed by atoms with van der Waals surface area (Å²) in [7, 11) is 0. The van der Waals surface area contributed by atoms with E-state index in [4.69, 9.17) is 11.6 Å². The smallest absolute Gasteiger partial charge is 0.251 e. The molecule has 1 atom stereocenters. The fraction of sp³-hybridized carbons (Fsp3) is 0.440. The van der Waals surface area contributed by atoms with E-state index in [-0.39, 0.29) is 23.8 Å². The number of piperidine rings is 1. The lowest BCUT2D eigenvalue weighted by Gasteiger charge is -2.33. The van der Waals surface area contributed by atoms with Crippen LogP contribution >= 0.6 is 11.6 Å². The van der Waals surface area contributed by atoms with E-state index < -0.39 is 17.7 Å². The molecule has 2 N–H and O–H groups in total. The highest BCUT2D eigenvalue weighted by molar-refractivity contribution is 6.30. The predicted octanol–water partition coefficient (Wildman–Crippen LogP) is 4.54. The highest BCUT2D eigenvalue weighted by Gasteiger charge is 2.27. The maximum Gasteiger partial charge on any atom is 0.251 e. The van der Waals surface area contributed by atoms with E-state index in [0.29, 0.717) is 23.6 Å². The van der Waals surface area contributed by atoms with Crippen LogP contribution in [0.5, 0.6) is 0 Å². The van der Waals surface area contributed by atoms with Gasteiger partial charge in [0.15, 0.2) is 11.6 Å². The average molecular weight is 478 g/mol. The normalized spacial score (nSPS) is 15.9. The quantitative estimate of drug-likeness (QED) is 0.586. The first-order chi connectivity index (χ1) is 15.7. The number of nitrogens with zero attached hydrogens (tertiary/aromatic N) is 1. The van der Waals surface area contributed by atoms with E-state index in [1.165, 1.54) is 6.07 Å². The number of halogens is 3. The maximum absolute atomic E-state index is 13.4. The van der Waals surface area contributed by atoms with Crippen molar-refractivity contribution in [3.05, 3.63) is 70.2 Å². The Labute approximate surface area is 198 Å². The van der Waals surface area contributed by atoms with Crippen LogP contribution in [0.15, 0.2) is 42.5 Å². The van der Waals surface area contributed by atoms with Crippen molar-refractivity contribution < 1.29 is 18.4 Å². The minimum Gasteiger partial charge on any atom is -0.351 e. The molecule has 1 saturated heterocycles. The van der Waals surface area contributed by atoms with E-state index in [1.807, 2.05) is 13.8 Å². The van der Waals surface area contributed by atoms with Gasteiger partial charge in [-0.05, 0) is 67.1 Å². The number of nitrogens with one attached hydrogen (secondary N) is 2. The Morgan fingerprint density at radius 1 is 1.06 bits per heavy atom. The number of likely N-dealkylation sites (tertiary alicyclic amines) is 1. The number of amides is 2. The Kier molecular flexibility index (Phi) is 8.80. The van der Waals surface area contributed by atoms with Crippen molar-refractivity contribution in [1.29, 1.82) is 0 Å². The van der Waals surface area contributed by atoms with Crippen molar-refractivity contribution in [2.24, 2.45) is 5.92 Å². The molecule has 2 aromatic rings. The first-order valence-electron chi connectivity index (χ1n) is 11.2. The fourth-order valence-electron chi connectivity index (χ4n) is 3.98. The summed E-state index contributed by atoms with van der Waals surface area (Å²) in [6.45, 7) is 6.01. The summed E-state index contributed by atoms with van der Waals surface area (Å²) >= 11 is 5.89. The van der Waals surface area contributed by atoms with E-state index >= 15 is 0 Å². The molecular formula is C25H30ClF2N3O2. The second-order valence-corrected chi connectivity index (χ2v) is 9.41. The first kappa shape index (κ1) is 25.1. The van der Waals surface area contributed by atoms with Crippen LogP contribution in [0.1, 0.15) is 49.0 Å². The molecule has 0 spiro atoms. The Morgan fingerprint density at radius 3 is 2.33 bits per heavy atom. The molecule has 33 heavy (non-hydrogen) atoms. The van der Waals surface area contributed by atoms with Crippen molar-refractivity contribution in [3.63, 3.8) is 0 Å². The lowest BCUT2D eigenvalue weighted by molar-refractivity contribution is -0.124. The average Bonchev–Trinajstić information content (AvgIpc) is 2.77. The third kappa shape index (κ3) is 7.51. The molecule has 2 amide bonds. The molecule has 2 aromatic carbocycles. The number of carbonyl (C=O) groups excluding carboxylic acids is 2. The van der Waals surface area contributed by atoms with Crippen LogP contribution in [0, 0.1) is 17.6 Å². The van der Waals surface area contributed by atoms with E-state index in [9.17, 15) is 18.4 Å². The highest BCUT2D eigenvalue weighted by atomic mass is 35.5. The third-order valence-electron chi connectivity index (χ3n) is 5.76. The van der Waals surface area contributed by atoms with Crippen LogP contribution in [0.4, 0.5) is 8.78 Å². The van der Waals surface area contributed by atoms with Crippen molar-refractivity contribution in [2.75, 3.05) is 13.1 Å². The van der Waals surface area contributed by atoms with Gasteiger partial charge in [0.05, 0.1) is 0 Å². The van der Waals surface area contributed by atoms with Crippen molar-refractivity contribution in [2.45, 2.75) is 51.7 Å². The monoisotopic (exact) mass is 477 g/mol. The van der Waals surface area contributed by atoms with Crippen molar-refractivity contribution >= 4 is 23.4 Å². The van der Waals surface area contributed by atoms with Crippen LogP contribution in [-0.4, -0.2) is 41.9 Å². The highest BCUT2D eigenvalue weighted by Crippen LogP contribution is 2.17. The number of rotatable bonds is 8. The summed E-state index contributed by atoms with van der Waals surface area (Å²) in [5.74, 6) is -1.96. The first-order valence-corrected chi connectivity index (χ1v) is 11.6. The standard InChI is InChI=1S/C25H30ClF2N3O2/c1-16(2)13-23(30-24(32)18-4-6-19(26)7-5-18)25(33)29-20-9-11-31(12-10-20)15-17-3-8-21(27)22(28)14-17/h3-8,14,16,20,23H,9-13,15H2,1-2H3,(H,29,33)(H,30,32). The molecule has 0 saturated carbocycles. The minimum absolute atomic E-state index is 0.000741. The number of hydrogen-bond donors (Lipinski definition) is 2. The van der Waals surface area contributed by atoms with Crippen LogP contribution < -0.4 is 10.6 Å². The SMILES string of the molecule is CC(C)CC(NC(=O)c1ccc(Cl)cc1)C(=O)NC1CCN(Cc2ccc(F)c(F)c2)CC1. The molecule has 1 heterocycles. The summed E-state index contributed by atoms with van der Waals surface area (Å²) in [5.41, 5.74) is 1.17. The molecule has 1 aliphatic heterocycles. The van der Waals surface area contributed by atoms with Gasteiger partial charge in [-0.1, -0.05) is 31.5 Å². The minimum atomic E-state index is -0.848. The van der Waals surface area contributed by atoms with Gasteiger partial charge in [0.2, 0.25) is 5.91 Å². The lowest BCUT2D eigenvalue weighted by Crippen LogP contribution is -2.52. The van der Waals surface area contributed by atoms with Gasteiger partial charge in [-0.25, -0.2) is 8.78 Å². The molecular weight excluding hydrogens is 448 g/mol. The second kappa shape index (κ2) is 11.6. The summed E-state index contributed by atoms with van der Waals surface area (Å²) in [4.78, 5) is 27.7. The van der Waals surface area contributed by atoms with Gasteiger partial charge in [0.1, 0.15) is 6.04 Å². The van der Waals surface area contributed by atoms with Crippen molar-refractivity contribution in [3.8, 4) is 0 Å². The molecule has 1 fully saturated rings. The summed E-state index contributed by atoms with van der Waals surface area (Å²) < 4.78 is 26.6. The van der Waals surface area contributed by atoms with Gasteiger partial charge in [0.25, 0.3) is 5.91 Å². The summed E-state index contributed by atoms with van der Waals surface area (Å²) in [5, 5.41) is 6.48. The predicted molar refractivity (Wildman–Crippen MR) is 125 cm³/mol. The van der Waals surface area contributed by atoms with Crippen molar-refractivity contribution in [1.82, 2.24) is 15.5 Å². The molecule has 1 unspecified atom stereocenters. The molecule has 8 heteroatoms. The van der Waals surface area contributed by atoms with Gasteiger partial charge in [-0.15, -0.1) is 0 Å². The topological polar surface area (TPSA) is 61.4 Å². The Morgan fingerprint density at radius 2 is 1.73 bits per heavy atom. The van der Waals surface area contributed by atoms with E-state index in [1.54, 1.807) is 30.3 Å². The fourth-order valence-corrected chi connectivity index (χ4v) is 4.11. The van der Waals surface area contributed by atoms with E-state index in [0.717, 1.165) is 37.6 Å². The zero-order valence-electron chi connectivity index (χ0n) is 18.9. The summed E-state index contributed by atoms with van der Waals surface area (Å²) in [6, 6.07) is 9.87. The third-order valence-corrected chi connectivity index (χ3v) is 6.01. The lowest BCUT2D eigenvalue weighted by atomic mass is 10.00. The van der Waals surface area contributed by atoms with Gasteiger partial charge in [0, 0.05) is 36.3 Å². The van der Waals surface area contributed by atoms with Crippen LogP contribution in [0.2, 0.25) is 5.02 Å². The molecule has 0 aliphatic carbocycles. The Balaban J connectivity index is 1.52. The molecule has 0 bridgehead atoms. The summed E-state index contributed by atoms with van der Waals surface area (Å²) in [6.07, 6.45) is 2.02. The molecule has 178 valence electrons. The number of benzene rings is 2. The number of hydrogen-bond acceptors (Lipinski definition) is 3. The zero-order valence-corrected chi connectivity index (χ0v) is 19.7. The van der Waals surface area contributed by atoms with Gasteiger partial charge in [-0.3, -0.25) is 14.5 Å². The molecule has 0 radical (unpaired) electrons. The Bertz CT molecular complexity index is 961. The number of carbonyl (C=O) groups is 2. The van der Waals surface area contributed by atoms with Crippen LogP contribution in [0.3, 0.4) is 0 Å². The maximum atomic E-state index is 13.4. The molecule has 0 aromatic heterocycles. The van der Waals surface area contributed by atoms with Gasteiger partial charge < -0.3 is 10.6 Å². The second-order valence-electron chi connectivity index (χ2n) is 8.97. The van der Waals surface area contributed by atoms with Crippen LogP contribution in [0.25, 0.3) is 0 Å². The zero-order chi connectivity index (χ0) is 24.0.